The van der Waals surface area contributed by atoms with Crippen LogP contribution in [0.4, 0.5) is 13.2 Å². The Morgan fingerprint density at radius 3 is 2.68 bits per heavy atom. The van der Waals surface area contributed by atoms with Gasteiger partial charge in [-0.25, -0.2) is 4.98 Å². The minimum Gasteiger partial charge on any atom is -0.326 e. The molecule has 1 unspecified atom stereocenters. The average Bonchev–Trinajstić information content (AvgIpc) is 3.33. The molecule has 0 radical (unpaired) electrons. The molecule has 1 aliphatic heterocycles. The lowest BCUT2D eigenvalue weighted by atomic mass is 10.1. The van der Waals surface area contributed by atoms with Gasteiger partial charge in [-0.2, -0.15) is 13.2 Å². The number of fused-ring (bicyclic) bond motifs is 2. The number of likely N-dealkylation sites (tertiary alicyclic amines) is 1. The normalized spacial score (nSPS) is 18.8. The smallest absolute Gasteiger partial charge is 0.326 e. The molecule has 1 saturated heterocycles. The van der Waals surface area contributed by atoms with Crippen LogP contribution >= 0.6 is 0 Å². The molecule has 2 N–H and O–H groups in total. The van der Waals surface area contributed by atoms with Gasteiger partial charge in [-0.1, -0.05) is 30.3 Å². The first-order valence-electron chi connectivity index (χ1n) is 10.1. The summed E-state index contributed by atoms with van der Waals surface area (Å²) in [5, 5.41) is 9.32. The molecule has 160 valence electrons. The molecule has 0 aliphatic carbocycles. The first kappa shape index (κ1) is 19.9. The number of pyridine rings is 2. The Kier molecular flexibility index (Phi) is 4.67. The SMILES string of the molecule is Cc1cccc2ccc(-c3nnc4ccc([C@@H](N5CCC(N)C5)C(F)(F)F)cn34)nc12. The van der Waals surface area contributed by atoms with Crippen LogP contribution in [-0.2, 0) is 0 Å². The van der Waals surface area contributed by atoms with E-state index in [1.807, 2.05) is 37.3 Å². The Labute approximate surface area is 176 Å². The molecule has 4 aromatic rings. The third-order valence-corrected chi connectivity index (χ3v) is 5.82. The highest BCUT2D eigenvalue weighted by molar-refractivity contribution is 5.83. The molecule has 1 aromatic carbocycles. The highest BCUT2D eigenvalue weighted by atomic mass is 19.4. The molecule has 0 spiro atoms. The van der Waals surface area contributed by atoms with Crippen LogP contribution in [0, 0.1) is 6.92 Å². The number of halogens is 3. The van der Waals surface area contributed by atoms with E-state index in [2.05, 4.69) is 10.2 Å². The lowest BCUT2D eigenvalue weighted by Crippen LogP contribution is -2.38. The fourth-order valence-electron chi connectivity index (χ4n) is 4.32. The Hall–Kier alpha value is -3.04. The molecule has 0 saturated carbocycles. The van der Waals surface area contributed by atoms with Gasteiger partial charge in [0.1, 0.15) is 11.7 Å². The molecular formula is C22H21F3N6. The number of rotatable bonds is 3. The summed E-state index contributed by atoms with van der Waals surface area (Å²) in [5.74, 6) is 0.404. The van der Waals surface area contributed by atoms with Crippen LogP contribution < -0.4 is 5.73 Å². The first-order valence-corrected chi connectivity index (χ1v) is 10.1. The van der Waals surface area contributed by atoms with E-state index in [0.29, 0.717) is 30.1 Å². The molecule has 1 aliphatic rings. The van der Waals surface area contributed by atoms with Gasteiger partial charge in [0.2, 0.25) is 0 Å². The van der Waals surface area contributed by atoms with Crippen molar-refractivity contribution in [2.45, 2.75) is 31.6 Å². The molecule has 31 heavy (non-hydrogen) atoms. The van der Waals surface area contributed by atoms with Crippen molar-refractivity contribution in [1.82, 2.24) is 24.5 Å². The van der Waals surface area contributed by atoms with Gasteiger partial charge in [-0.15, -0.1) is 10.2 Å². The van der Waals surface area contributed by atoms with E-state index in [9.17, 15) is 13.2 Å². The summed E-state index contributed by atoms with van der Waals surface area (Å²) in [6, 6.07) is 10.7. The van der Waals surface area contributed by atoms with Crippen molar-refractivity contribution in [2.24, 2.45) is 5.73 Å². The molecule has 3 aromatic heterocycles. The van der Waals surface area contributed by atoms with Gasteiger partial charge in [0.05, 0.1) is 5.52 Å². The largest absolute Gasteiger partial charge is 0.408 e. The zero-order chi connectivity index (χ0) is 21.8. The predicted molar refractivity (Wildman–Crippen MR) is 111 cm³/mol. The van der Waals surface area contributed by atoms with Gasteiger partial charge in [0, 0.05) is 30.7 Å². The second-order valence-corrected chi connectivity index (χ2v) is 8.05. The number of hydrogen-bond donors (Lipinski definition) is 1. The average molecular weight is 426 g/mol. The Balaban J connectivity index is 1.62. The molecule has 0 bridgehead atoms. The van der Waals surface area contributed by atoms with Gasteiger partial charge in [0.15, 0.2) is 11.5 Å². The van der Waals surface area contributed by atoms with E-state index in [1.54, 1.807) is 10.5 Å². The number of nitrogens with two attached hydrogens (primary N) is 1. The van der Waals surface area contributed by atoms with Crippen molar-refractivity contribution in [3.63, 3.8) is 0 Å². The van der Waals surface area contributed by atoms with Crippen LogP contribution in [0.25, 0.3) is 28.1 Å². The van der Waals surface area contributed by atoms with Crippen molar-refractivity contribution in [3.05, 3.63) is 59.8 Å². The number of hydrogen-bond acceptors (Lipinski definition) is 5. The van der Waals surface area contributed by atoms with Crippen LogP contribution in [0.3, 0.4) is 0 Å². The molecule has 1 fully saturated rings. The van der Waals surface area contributed by atoms with Crippen LogP contribution in [0.1, 0.15) is 23.6 Å². The van der Waals surface area contributed by atoms with E-state index < -0.39 is 12.2 Å². The van der Waals surface area contributed by atoms with E-state index in [-0.39, 0.29) is 18.2 Å². The second-order valence-electron chi connectivity index (χ2n) is 8.05. The first-order chi connectivity index (χ1) is 14.8. The number of benzene rings is 1. The summed E-state index contributed by atoms with van der Waals surface area (Å²) in [6.45, 7) is 2.49. The summed E-state index contributed by atoms with van der Waals surface area (Å²) < 4.78 is 43.6. The van der Waals surface area contributed by atoms with Gasteiger partial charge >= 0.3 is 6.18 Å². The van der Waals surface area contributed by atoms with Gasteiger partial charge < -0.3 is 5.73 Å². The summed E-state index contributed by atoms with van der Waals surface area (Å²) >= 11 is 0. The molecule has 9 heteroatoms. The monoisotopic (exact) mass is 426 g/mol. The summed E-state index contributed by atoms with van der Waals surface area (Å²) in [6.07, 6.45) is -2.41. The van der Waals surface area contributed by atoms with Gasteiger partial charge in [-0.05, 0) is 36.6 Å². The third-order valence-electron chi connectivity index (χ3n) is 5.82. The Bertz CT molecular complexity index is 1270. The van der Waals surface area contributed by atoms with Crippen LogP contribution in [0.15, 0.2) is 48.7 Å². The standard InChI is InChI=1S/C22H21F3N6/c1-13-3-2-4-14-5-7-17(27-19(13)14)21-29-28-18-8-6-15(11-31(18)21)20(22(23,24)25)30-10-9-16(26)12-30/h2-8,11,16,20H,9-10,12,26H2,1H3/t16?,20-/m1/s1. The summed E-state index contributed by atoms with van der Waals surface area (Å²) in [4.78, 5) is 6.10. The molecule has 4 heterocycles. The summed E-state index contributed by atoms with van der Waals surface area (Å²) in [7, 11) is 0. The number of aryl methyl sites for hydroxylation is 1. The topological polar surface area (TPSA) is 72.3 Å². The van der Waals surface area contributed by atoms with Crippen molar-refractivity contribution < 1.29 is 13.2 Å². The van der Waals surface area contributed by atoms with E-state index in [4.69, 9.17) is 10.7 Å². The maximum Gasteiger partial charge on any atom is 0.408 e. The lowest BCUT2D eigenvalue weighted by Gasteiger charge is -2.30. The number of aromatic nitrogens is 4. The lowest BCUT2D eigenvalue weighted by molar-refractivity contribution is -0.183. The van der Waals surface area contributed by atoms with E-state index >= 15 is 0 Å². The van der Waals surface area contributed by atoms with E-state index in [1.165, 1.54) is 17.2 Å². The maximum atomic E-state index is 14.0. The highest BCUT2D eigenvalue weighted by Gasteiger charge is 2.46. The minimum atomic E-state index is -4.43. The molecule has 6 nitrogen and oxygen atoms in total. The number of para-hydroxylation sites is 1. The zero-order valence-corrected chi connectivity index (χ0v) is 16.8. The predicted octanol–water partition coefficient (Wildman–Crippen LogP) is 3.89. The second kappa shape index (κ2) is 7.28. The van der Waals surface area contributed by atoms with Gasteiger partial charge in [0.25, 0.3) is 0 Å². The number of alkyl halides is 3. The molecule has 0 amide bonds. The summed E-state index contributed by atoms with van der Waals surface area (Å²) in [5.41, 5.74) is 8.86. The highest BCUT2D eigenvalue weighted by Crippen LogP contribution is 2.39. The maximum absolute atomic E-state index is 14.0. The fourth-order valence-corrected chi connectivity index (χ4v) is 4.32. The fraction of sp³-hybridized carbons (Fsp3) is 0.318. The molecular weight excluding hydrogens is 405 g/mol. The molecule has 5 rings (SSSR count). The van der Waals surface area contributed by atoms with Crippen molar-refractivity contribution in [3.8, 4) is 11.5 Å². The third kappa shape index (κ3) is 3.53. The van der Waals surface area contributed by atoms with Crippen LogP contribution in [-0.4, -0.2) is 49.8 Å². The van der Waals surface area contributed by atoms with Crippen molar-refractivity contribution in [2.75, 3.05) is 13.1 Å². The van der Waals surface area contributed by atoms with Crippen LogP contribution in [0.5, 0.6) is 0 Å². The quantitative estimate of drug-likeness (QED) is 0.538. The molecule has 2 atom stereocenters. The van der Waals surface area contributed by atoms with Crippen molar-refractivity contribution in [1.29, 1.82) is 0 Å². The number of nitrogens with zero attached hydrogens (tertiary/aromatic N) is 5. The van der Waals surface area contributed by atoms with E-state index in [0.717, 1.165) is 16.5 Å². The van der Waals surface area contributed by atoms with Crippen LogP contribution in [0.2, 0.25) is 0 Å². The van der Waals surface area contributed by atoms with Gasteiger partial charge in [-0.3, -0.25) is 9.30 Å². The zero-order valence-electron chi connectivity index (χ0n) is 16.8. The Morgan fingerprint density at radius 1 is 1.10 bits per heavy atom. The Morgan fingerprint density at radius 2 is 1.94 bits per heavy atom. The van der Waals surface area contributed by atoms with Crippen molar-refractivity contribution >= 4 is 16.6 Å². The minimum absolute atomic E-state index is 0.132.